The predicted octanol–water partition coefficient (Wildman–Crippen LogP) is 2.99. The van der Waals surface area contributed by atoms with Gasteiger partial charge in [0.15, 0.2) is 0 Å². The van der Waals surface area contributed by atoms with Crippen molar-refractivity contribution in [2.45, 2.75) is 38.8 Å². The molecule has 0 unspecified atom stereocenters. The number of nitrogens with one attached hydrogen (secondary N) is 1. The first-order valence-corrected chi connectivity index (χ1v) is 11.7. The van der Waals surface area contributed by atoms with Crippen molar-refractivity contribution in [3.8, 4) is 0 Å². The smallest absolute Gasteiger partial charge is 0.332 e. The maximum atomic E-state index is 13.2. The van der Waals surface area contributed by atoms with Gasteiger partial charge in [0, 0.05) is 15.6 Å². The summed E-state index contributed by atoms with van der Waals surface area (Å²) in [6.45, 7) is 0.265. The molecule has 30 heavy (non-hydrogen) atoms. The van der Waals surface area contributed by atoms with Gasteiger partial charge in [-0.3, -0.25) is 18.7 Å². The number of carbonyl (C=O) groups is 1. The van der Waals surface area contributed by atoms with Gasteiger partial charge in [-0.1, -0.05) is 12.1 Å². The van der Waals surface area contributed by atoms with Gasteiger partial charge in [-0.15, -0.1) is 11.3 Å². The Morgan fingerprint density at radius 2 is 1.97 bits per heavy atom. The molecule has 158 valence electrons. The molecule has 0 saturated heterocycles. The van der Waals surface area contributed by atoms with Gasteiger partial charge in [-0.25, -0.2) is 4.79 Å². The molecule has 0 radical (unpaired) electrons. The van der Waals surface area contributed by atoms with Crippen molar-refractivity contribution in [1.29, 1.82) is 0 Å². The summed E-state index contributed by atoms with van der Waals surface area (Å²) >= 11 is 3.63. The van der Waals surface area contributed by atoms with E-state index in [4.69, 9.17) is 4.74 Å². The number of fused-ring (bicyclic) bond motifs is 3. The van der Waals surface area contributed by atoms with E-state index in [9.17, 15) is 14.4 Å². The van der Waals surface area contributed by atoms with Crippen LogP contribution in [0.5, 0.6) is 0 Å². The van der Waals surface area contributed by atoms with Crippen LogP contribution in [-0.2, 0) is 35.5 Å². The molecule has 2 heterocycles. The summed E-state index contributed by atoms with van der Waals surface area (Å²) in [4.78, 5) is 40.9. The van der Waals surface area contributed by atoms with Crippen molar-refractivity contribution >= 4 is 55.7 Å². The molecule has 0 bridgehead atoms. The highest BCUT2D eigenvalue weighted by Gasteiger charge is 2.24. The summed E-state index contributed by atoms with van der Waals surface area (Å²) in [7, 11) is 1.53. The minimum Gasteiger partial charge on any atom is -0.383 e. The number of nitrogens with zero attached hydrogens (tertiary/aromatic N) is 2. The number of aromatic nitrogens is 2. The number of hydrogen-bond donors (Lipinski definition) is 1. The number of aryl methyl sites for hydroxylation is 2. The molecule has 0 saturated carbocycles. The molecule has 1 aliphatic carbocycles. The average molecular weight is 539 g/mol. The van der Waals surface area contributed by atoms with Gasteiger partial charge in [-0.05, 0) is 66.0 Å². The molecule has 1 aliphatic rings. The van der Waals surface area contributed by atoms with Gasteiger partial charge in [0.05, 0.1) is 24.2 Å². The van der Waals surface area contributed by atoms with E-state index < -0.39 is 5.69 Å². The summed E-state index contributed by atoms with van der Waals surface area (Å²) in [6.07, 6.45) is 3.85. The van der Waals surface area contributed by atoms with Gasteiger partial charge in [0.2, 0.25) is 5.91 Å². The fraction of sp³-hybridized carbons (Fsp3) is 0.381. The second-order valence-corrected chi connectivity index (χ2v) is 9.48. The van der Waals surface area contributed by atoms with E-state index in [-0.39, 0.29) is 31.2 Å². The van der Waals surface area contributed by atoms with Crippen molar-refractivity contribution in [2.75, 3.05) is 19.0 Å². The molecule has 3 aromatic rings. The molecule has 0 aliphatic heterocycles. The van der Waals surface area contributed by atoms with E-state index in [2.05, 4.69) is 27.9 Å². The Bertz CT molecular complexity index is 1230. The zero-order valence-electron chi connectivity index (χ0n) is 16.6. The molecular formula is C21H22IN3O4S. The zero-order valence-corrected chi connectivity index (χ0v) is 19.5. The number of methoxy groups -OCH3 is 1. The maximum Gasteiger partial charge on any atom is 0.332 e. The summed E-state index contributed by atoms with van der Waals surface area (Å²) in [5.74, 6) is -0.300. The molecule has 9 heteroatoms. The third kappa shape index (κ3) is 3.97. The Hall–Kier alpha value is -1.98. The van der Waals surface area contributed by atoms with Crippen LogP contribution in [0, 0.1) is 3.57 Å². The Morgan fingerprint density at radius 1 is 1.20 bits per heavy atom. The summed E-state index contributed by atoms with van der Waals surface area (Å²) in [6, 6.07) is 7.47. The van der Waals surface area contributed by atoms with Gasteiger partial charge in [0.1, 0.15) is 11.4 Å². The molecule has 0 spiro atoms. The summed E-state index contributed by atoms with van der Waals surface area (Å²) in [5, 5.41) is 3.47. The van der Waals surface area contributed by atoms with E-state index >= 15 is 0 Å². The van der Waals surface area contributed by atoms with Crippen molar-refractivity contribution in [3.63, 3.8) is 0 Å². The summed E-state index contributed by atoms with van der Waals surface area (Å²) < 4.78 is 8.65. The SMILES string of the molecule is COCCn1c(=O)c2c3c(sc2n(CC(=O)Nc2ccccc2I)c1=O)CCCC3. The number of hydrogen-bond acceptors (Lipinski definition) is 5. The zero-order chi connectivity index (χ0) is 21.3. The lowest BCUT2D eigenvalue weighted by Gasteiger charge is -2.13. The van der Waals surface area contributed by atoms with Crippen molar-refractivity contribution in [3.05, 3.63) is 59.1 Å². The molecule has 7 nitrogen and oxygen atoms in total. The first-order valence-electron chi connectivity index (χ1n) is 9.82. The van der Waals surface area contributed by atoms with Gasteiger partial charge in [0.25, 0.3) is 5.56 Å². The van der Waals surface area contributed by atoms with Gasteiger partial charge < -0.3 is 10.1 Å². The number of carbonyl (C=O) groups excluding carboxylic acids is 1. The second-order valence-electron chi connectivity index (χ2n) is 7.24. The maximum absolute atomic E-state index is 13.2. The molecule has 1 amide bonds. The average Bonchev–Trinajstić information content (AvgIpc) is 3.12. The molecule has 1 aromatic carbocycles. The third-order valence-corrected chi connectivity index (χ3v) is 7.54. The van der Waals surface area contributed by atoms with E-state index in [1.807, 2.05) is 24.3 Å². The van der Waals surface area contributed by atoms with E-state index in [0.29, 0.717) is 15.9 Å². The third-order valence-electron chi connectivity index (χ3n) is 5.29. The number of rotatable bonds is 6. The van der Waals surface area contributed by atoms with Crippen LogP contribution < -0.4 is 16.6 Å². The van der Waals surface area contributed by atoms with Crippen LogP contribution in [0.1, 0.15) is 23.3 Å². The first-order chi connectivity index (χ1) is 14.5. The number of thiophene rings is 1. The molecule has 4 rings (SSSR count). The van der Waals surface area contributed by atoms with E-state index in [1.165, 1.54) is 27.6 Å². The number of halogens is 1. The minimum atomic E-state index is -0.471. The van der Waals surface area contributed by atoms with Crippen LogP contribution in [0.2, 0.25) is 0 Å². The lowest BCUT2D eigenvalue weighted by atomic mass is 9.97. The molecule has 1 N–H and O–H groups in total. The van der Waals surface area contributed by atoms with Crippen LogP contribution in [0.15, 0.2) is 33.9 Å². The predicted molar refractivity (Wildman–Crippen MR) is 127 cm³/mol. The normalized spacial score (nSPS) is 13.4. The Labute approximate surface area is 190 Å². The van der Waals surface area contributed by atoms with Crippen molar-refractivity contribution in [2.24, 2.45) is 0 Å². The quantitative estimate of drug-likeness (QED) is 0.489. The van der Waals surface area contributed by atoms with E-state index in [1.54, 1.807) is 0 Å². The monoisotopic (exact) mass is 539 g/mol. The molecule has 2 aromatic heterocycles. The standard InChI is InChI=1S/C21H22IN3O4S/c1-29-11-10-24-19(27)18-13-6-2-5-9-16(13)30-20(18)25(21(24)28)12-17(26)23-15-8-4-3-7-14(15)22/h3-4,7-8H,2,5-6,9-12H2,1H3,(H,23,26). The number of ether oxygens (including phenoxy) is 1. The van der Waals surface area contributed by atoms with Crippen LogP contribution in [0.25, 0.3) is 10.2 Å². The Balaban J connectivity index is 1.80. The first kappa shape index (κ1) is 21.3. The molecule has 0 fully saturated rings. The van der Waals surface area contributed by atoms with Gasteiger partial charge in [-0.2, -0.15) is 0 Å². The van der Waals surface area contributed by atoms with Crippen LogP contribution >= 0.6 is 33.9 Å². The van der Waals surface area contributed by atoms with Crippen LogP contribution in [-0.4, -0.2) is 28.8 Å². The topological polar surface area (TPSA) is 82.3 Å². The molecular weight excluding hydrogens is 517 g/mol. The lowest BCUT2D eigenvalue weighted by Crippen LogP contribution is -2.42. The van der Waals surface area contributed by atoms with E-state index in [0.717, 1.165) is 39.7 Å². The fourth-order valence-electron chi connectivity index (χ4n) is 3.83. The number of anilines is 1. The Kier molecular flexibility index (Phi) is 6.40. The highest BCUT2D eigenvalue weighted by molar-refractivity contribution is 14.1. The lowest BCUT2D eigenvalue weighted by molar-refractivity contribution is -0.116. The van der Waals surface area contributed by atoms with Crippen molar-refractivity contribution in [1.82, 2.24) is 9.13 Å². The number of para-hydroxylation sites is 1. The molecule has 0 atom stereocenters. The second kappa shape index (κ2) is 9.03. The van der Waals surface area contributed by atoms with Crippen LogP contribution in [0.4, 0.5) is 5.69 Å². The number of benzene rings is 1. The highest BCUT2D eigenvalue weighted by Crippen LogP contribution is 2.34. The largest absolute Gasteiger partial charge is 0.383 e. The number of amides is 1. The fourth-order valence-corrected chi connectivity index (χ4v) is 5.73. The van der Waals surface area contributed by atoms with Gasteiger partial charge >= 0.3 is 5.69 Å². The highest BCUT2D eigenvalue weighted by atomic mass is 127. The van der Waals surface area contributed by atoms with Crippen molar-refractivity contribution < 1.29 is 9.53 Å². The summed E-state index contributed by atoms with van der Waals surface area (Å²) in [5.41, 5.74) is 0.997. The Morgan fingerprint density at radius 3 is 2.73 bits per heavy atom. The van der Waals surface area contributed by atoms with Crippen LogP contribution in [0.3, 0.4) is 0 Å². The minimum absolute atomic E-state index is 0.146.